The van der Waals surface area contributed by atoms with Gasteiger partial charge in [-0.05, 0) is 25.7 Å². The number of ether oxygens (including phenoxy) is 1. The van der Waals surface area contributed by atoms with Gasteiger partial charge >= 0.3 is 13.9 Å². The normalized spacial score (nSPS) is 26.0. The van der Waals surface area contributed by atoms with E-state index >= 15 is 0 Å². The fourth-order valence-corrected chi connectivity index (χ4v) is 6.06. The Morgan fingerprint density at radius 1 is 1.20 bits per heavy atom. The Morgan fingerprint density at radius 2 is 1.93 bits per heavy atom. The Bertz CT molecular complexity index is 609. The van der Waals surface area contributed by atoms with Crippen molar-refractivity contribution in [3.05, 3.63) is 0 Å². The number of carbonyl (C=O) groups excluding carboxylic acids is 2. The van der Waals surface area contributed by atoms with E-state index in [0.717, 1.165) is 51.4 Å². The van der Waals surface area contributed by atoms with Crippen molar-refractivity contribution in [1.29, 1.82) is 0 Å². The number of methoxy groups -OCH3 is 1. The predicted octanol–water partition coefficient (Wildman–Crippen LogP) is 3.01. The van der Waals surface area contributed by atoms with E-state index in [-0.39, 0.29) is 30.5 Å². The van der Waals surface area contributed by atoms with Gasteiger partial charge in [-0.2, -0.15) is 11.8 Å². The van der Waals surface area contributed by atoms with E-state index in [1.54, 1.807) is 0 Å². The SMILES string of the molecule is COCC(CCCCCC(=O)CCCCC1SCC2NC(=O)NC21)OP(=O)(O)OC. The first-order chi connectivity index (χ1) is 14.3. The molecule has 3 N–H and O–H groups in total. The third-order valence-corrected chi connectivity index (χ3v) is 8.01. The van der Waals surface area contributed by atoms with Gasteiger partial charge in [0.05, 0.1) is 24.8 Å². The third kappa shape index (κ3) is 8.85. The maximum atomic E-state index is 12.1. The molecular weight excluding hydrogens is 431 g/mol. The van der Waals surface area contributed by atoms with E-state index in [9.17, 15) is 19.0 Å². The summed E-state index contributed by atoms with van der Waals surface area (Å²) in [7, 11) is -1.39. The van der Waals surface area contributed by atoms with Crippen LogP contribution in [0.25, 0.3) is 0 Å². The molecule has 11 heteroatoms. The molecule has 5 unspecified atom stereocenters. The Labute approximate surface area is 183 Å². The monoisotopic (exact) mass is 466 g/mol. The van der Waals surface area contributed by atoms with Crippen LogP contribution >= 0.6 is 19.6 Å². The molecule has 0 saturated carbocycles. The van der Waals surface area contributed by atoms with Gasteiger partial charge in [-0.3, -0.25) is 13.8 Å². The largest absolute Gasteiger partial charge is 0.472 e. The van der Waals surface area contributed by atoms with Crippen molar-refractivity contribution in [3.8, 4) is 0 Å². The second kappa shape index (κ2) is 13.0. The first-order valence-electron chi connectivity index (χ1n) is 10.6. The Kier molecular flexibility index (Phi) is 11.1. The van der Waals surface area contributed by atoms with Crippen LogP contribution in [-0.2, 0) is 23.1 Å². The topological polar surface area (TPSA) is 123 Å². The van der Waals surface area contributed by atoms with Crippen molar-refractivity contribution in [2.24, 2.45) is 0 Å². The Hall–Kier alpha value is -0.640. The number of phosphoric ester groups is 1. The second-order valence-corrected chi connectivity index (χ2v) is 10.6. The molecule has 9 nitrogen and oxygen atoms in total. The van der Waals surface area contributed by atoms with Crippen molar-refractivity contribution in [2.45, 2.75) is 81.2 Å². The predicted molar refractivity (Wildman–Crippen MR) is 116 cm³/mol. The second-order valence-electron chi connectivity index (χ2n) is 7.84. The molecule has 2 fully saturated rings. The number of Topliss-reactive ketones (excluding diaryl/α,β-unsaturated/α-hetero) is 1. The van der Waals surface area contributed by atoms with Gasteiger partial charge in [0.15, 0.2) is 0 Å². The van der Waals surface area contributed by atoms with Crippen molar-refractivity contribution < 1.29 is 32.8 Å². The maximum Gasteiger partial charge on any atom is 0.472 e. The van der Waals surface area contributed by atoms with Gasteiger partial charge in [0.1, 0.15) is 5.78 Å². The van der Waals surface area contributed by atoms with Crippen LogP contribution in [0.4, 0.5) is 4.79 Å². The summed E-state index contributed by atoms with van der Waals surface area (Å²) in [5.41, 5.74) is 0. The van der Waals surface area contributed by atoms with E-state index in [4.69, 9.17) is 9.26 Å². The number of nitrogens with one attached hydrogen (secondary N) is 2. The molecule has 0 bridgehead atoms. The highest BCUT2D eigenvalue weighted by atomic mass is 32.2. The highest BCUT2D eigenvalue weighted by Crippen LogP contribution is 2.44. The van der Waals surface area contributed by atoms with Crippen LogP contribution in [0.1, 0.15) is 57.8 Å². The summed E-state index contributed by atoms with van der Waals surface area (Å²) in [5.74, 6) is 1.25. The number of phosphoric acid groups is 1. The number of urea groups is 1. The van der Waals surface area contributed by atoms with E-state index in [1.807, 2.05) is 11.8 Å². The number of carbonyl (C=O) groups is 2. The van der Waals surface area contributed by atoms with Gasteiger partial charge in [0.25, 0.3) is 0 Å². The lowest BCUT2D eigenvalue weighted by Gasteiger charge is -2.19. The van der Waals surface area contributed by atoms with Crippen molar-refractivity contribution in [3.63, 3.8) is 0 Å². The first-order valence-corrected chi connectivity index (χ1v) is 13.1. The average molecular weight is 467 g/mol. The lowest BCUT2D eigenvalue weighted by atomic mass is 10.0. The number of hydrogen-bond donors (Lipinski definition) is 3. The summed E-state index contributed by atoms with van der Waals surface area (Å²) in [5, 5.41) is 6.38. The molecule has 2 rings (SSSR count). The lowest BCUT2D eigenvalue weighted by molar-refractivity contribution is -0.119. The molecule has 0 spiro atoms. The van der Waals surface area contributed by atoms with Gasteiger partial charge < -0.3 is 20.3 Å². The summed E-state index contributed by atoms with van der Waals surface area (Å²) < 4.78 is 26.0. The average Bonchev–Trinajstić information content (AvgIpc) is 3.24. The summed E-state index contributed by atoms with van der Waals surface area (Å²) >= 11 is 1.90. The van der Waals surface area contributed by atoms with E-state index in [1.165, 1.54) is 7.11 Å². The molecule has 2 aliphatic heterocycles. The number of rotatable bonds is 16. The molecule has 2 amide bonds. The lowest BCUT2D eigenvalue weighted by Crippen LogP contribution is -2.36. The molecular formula is C19H35N2O7PS. The quantitative estimate of drug-likeness (QED) is 0.180. The third-order valence-electron chi connectivity index (χ3n) is 5.48. The first kappa shape index (κ1) is 25.6. The van der Waals surface area contributed by atoms with Crippen molar-refractivity contribution in [2.75, 3.05) is 26.6 Å². The highest BCUT2D eigenvalue weighted by molar-refractivity contribution is 8.00. The summed E-state index contributed by atoms with van der Waals surface area (Å²) in [4.78, 5) is 32.9. The van der Waals surface area contributed by atoms with Gasteiger partial charge in [-0.25, -0.2) is 9.36 Å². The number of ketones is 1. The molecule has 0 radical (unpaired) electrons. The standard InChI is InChI=1S/C19H35N2O7PS/c1-26-12-15(28-29(24,25)27-2)10-5-3-4-8-14(22)9-6-7-11-17-18-16(13-30-17)20-19(23)21-18/h15-18H,3-13H2,1-2H3,(H,24,25)(H2,20,21,23). The number of amides is 2. The van der Waals surface area contributed by atoms with Crippen molar-refractivity contribution >= 4 is 31.4 Å². The molecule has 0 aromatic carbocycles. The molecule has 5 atom stereocenters. The van der Waals surface area contributed by atoms with Gasteiger partial charge in [0.2, 0.25) is 0 Å². The van der Waals surface area contributed by atoms with Gasteiger partial charge in [-0.15, -0.1) is 0 Å². The van der Waals surface area contributed by atoms with Crippen molar-refractivity contribution in [1.82, 2.24) is 10.6 Å². The summed E-state index contributed by atoms with van der Waals surface area (Å²) in [6, 6.07) is 0.421. The molecule has 174 valence electrons. The number of fused-ring (bicyclic) bond motifs is 1. The highest BCUT2D eigenvalue weighted by Gasteiger charge is 2.42. The van der Waals surface area contributed by atoms with Crippen LogP contribution in [0.3, 0.4) is 0 Å². The van der Waals surface area contributed by atoms with E-state index in [0.29, 0.717) is 24.5 Å². The van der Waals surface area contributed by atoms with Gasteiger partial charge in [0, 0.05) is 38.1 Å². The fourth-order valence-electron chi connectivity index (χ4n) is 3.89. The molecule has 2 aliphatic rings. The maximum absolute atomic E-state index is 12.1. The Balaban J connectivity index is 1.50. The number of thioether (sulfide) groups is 1. The number of unbranched alkanes of at least 4 members (excludes halogenated alkanes) is 3. The summed E-state index contributed by atoms with van der Waals surface area (Å²) in [6.45, 7) is 0.216. The van der Waals surface area contributed by atoms with Crippen LogP contribution in [0.15, 0.2) is 0 Å². The van der Waals surface area contributed by atoms with Crippen LogP contribution in [0.5, 0.6) is 0 Å². The van der Waals surface area contributed by atoms with Crippen LogP contribution in [-0.4, -0.2) is 66.7 Å². The smallest absolute Gasteiger partial charge is 0.382 e. The van der Waals surface area contributed by atoms with Crippen LogP contribution < -0.4 is 10.6 Å². The minimum Gasteiger partial charge on any atom is -0.382 e. The van der Waals surface area contributed by atoms with E-state index < -0.39 is 13.9 Å². The summed E-state index contributed by atoms with van der Waals surface area (Å²) in [6.07, 6.45) is 6.59. The zero-order valence-electron chi connectivity index (χ0n) is 17.8. The van der Waals surface area contributed by atoms with Crippen LogP contribution in [0, 0.1) is 0 Å². The molecule has 0 aromatic heterocycles. The molecule has 2 saturated heterocycles. The Morgan fingerprint density at radius 3 is 2.63 bits per heavy atom. The minimum atomic E-state index is -4.02. The molecule has 0 aliphatic carbocycles. The molecule has 30 heavy (non-hydrogen) atoms. The zero-order chi connectivity index (χ0) is 22.0. The van der Waals surface area contributed by atoms with Gasteiger partial charge in [-0.1, -0.05) is 19.3 Å². The molecule has 0 aromatic rings. The fraction of sp³-hybridized carbons (Fsp3) is 0.895. The zero-order valence-corrected chi connectivity index (χ0v) is 19.6. The van der Waals surface area contributed by atoms with E-state index in [2.05, 4.69) is 15.2 Å². The number of hydrogen-bond acceptors (Lipinski definition) is 7. The van der Waals surface area contributed by atoms with Crippen LogP contribution in [0.2, 0.25) is 0 Å². The minimum absolute atomic E-state index is 0.0605. The molecule has 2 heterocycles.